The Morgan fingerprint density at radius 2 is 0.447 bits per heavy atom. The summed E-state index contributed by atoms with van der Waals surface area (Å²) < 4.78 is 141. The number of carbonyl (C=O) groups excluding carboxylic acids is 4. The van der Waals surface area contributed by atoms with Crippen molar-refractivity contribution in [2.75, 3.05) is 66.1 Å². The smallest absolute Gasteiger partial charge is 0.217 e. The molecule has 35 N–H and O–H groups in total. The number of aliphatic hydroxyl groups excluding tert-OH is 31. The van der Waals surface area contributed by atoms with Gasteiger partial charge >= 0.3 is 0 Å². The average molecular weight is 2070 g/mol. The van der Waals surface area contributed by atoms with Crippen LogP contribution >= 0.6 is 0 Å². The van der Waals surface area contributed by atoms with Crippen LogP contribution in [-0.2, 0) is 128 Å². The Morgan fingerprint density at radius 1 is 0.199 bits per heavy atom. The Morgan fingerprint density at radius 3 is 0.879 bits per heavy atom. The topological polar surface area (TPSA) is 956 Å². The summed E-state index contributed by atoms with van der Waals surface area (Å²) in [5, 5.41) is 361. The molecule has 0 aromatic rings. The van der Waals surface area contributed by atoms with Gasteiger partial charge in [0.25, 0.3) is 0 Å². The van der Waals surface area contributed by atoms with Crippen LogP contribution in [0.15, 0.2) is 0 Å². The molecule has 816 valence electrons. The Bertz CT molecular complexity index is 3900. The van der Waals surface area contributed by atoms with Crippen molar-refractivity contribution >= 4 is 23.6 Å². The van der Waals surface area contributed by atoms with Crippen molar-refractivity contribution in [3.05, 3.63) is 0 Å². The Hall–Kier alpha value is -4.28. The van der Waals surface area contributed by atoms with E-state index in [2.05, 4.69) is 21.3 Å². The predicted molar refractivity (Wildman–Crippen MR) is 433 cm³/mol. The van der Waals surface area contributed by atoms with Gasteiger partial charge < -0.3 is 289 Å². The first kappa shape index (κ1) is 115. The van der Waals surface area contributed by atoms with Crippen LogP contribution in [0.3, 0.4) is 0 Å². The quantitative estimate of drug-likeness (QED) is 0.0277. The lowest BCUT2D eigenvalue weighted by molar-refractivity contribution is -0.411. The molecule has 62 nitrogen and oxygen atoms in total. The zero-order valence-corrected chi connectivity index (χ0v) is 76.0. The highest BCUT2D eigenvalue weighted by Crippen LogP contribution is 2.44. The molecule has 12 heterocycles. The molecular formula is C79H132N4O58. The summed E-state index contributed by atoms with van der Waals surface area (Å²) in [4.78, 5) is 53.7. The molecule has 12 rings (SSSR count). The van der Waals surface area contributed by atoms with Gasteiger partial charge in [-0.05, 0) is 13.8 Å². The van der Waals surface area contributed by atoms with Crippen molar-refractivity contribution in [3.8, 4) is 0 Å². The molecule has 59 atom stereocenters. The van der Waals surface area contributed by atoms with Crippen LogP contribution in [0.1, 0.15) is 41.5 Å². The molecule has 0 aliphatic carbocycles. The van der Waals surface area contributed by atoms with E-state index in [1.165, 1.54) is 13.8 Å². The molecule has 0 spiro atoms. The second kappa shape index (κ2) is 50.1. The SMILES string of the molecule is CC(=O)N[C@H]1[C@H](O[C@H]2[C@H](O[C@@H]3O[C@@H](C)[C@@H](O)[C@@H](O)[C@@H]3O)[C@@H](NC(C)=O)C(O)O[C@@H]2CO)O[C@H](CO)[C@@H](O[C@@H]2O[C@H](CO[C@H]3O[C@H](CO)[C@@H](O)[C@H](O)[C@@H]3O[C@@H]3O[C@H](CO)[C@@H](O)[C@H](O[C@@H]4O[C@H](CO)[C@H](O)[C@H](O)[C@H]4O)[C@H]3NC(C)=O)[C@@H](O)[C@H](O[C@H]3O[C@H](CO)[C@@H](O)[C@H](O)[C@@H]3O[C@@H]3O[C@H](CO)[C@@H](O[C@@H]4O[C@@H](C)[C@@H](O)[C@@H](O)[C@@H]4O)[C@H](O[C@@H]4O[C@H](CO)[C@H](O)[C@H](O)[C@H]4O)[C@H]3NC(C)=O)[C@@H]2O[C@@H]2O[C@H](CO)[C@H](O)[C@H]2O)[C@@H]1O. The van der Waals surface area contributed by atoms with E-state index >= 15 is 0 Å². The lowest BCUT2D eigenvalue weighted by atomic mass is 9.93. The average Bonchev–Trinajstić information content (AvgIpc) is 1.72. The summed E-state index contributed by atoms with van der Waals surface area (Å²) >= 11 is 0. The van der Waals surface area contributed by atoms with E-state index in [1.807, 2.05) is 0 Å². The molecule has 0 radical (unpaired) electrons. The molecule has 4 amide bonds. The molecular weight excluding hydrogens is 1930 g/mol. The van der Waals surface area contributed by atoms with Gasteiger partial charge in [-0.25, -0.2) is 0 Å². The number of rotatable bonds is 36. The van der Waals surface area contributed by atoms with Gasteiger partial charge in [-0.1, -0.05) is 0 Å². The Kier molecular flexibility index (Phi) is 41.0. The van der Waals surface area contributed by atoms with Crippen LogP contribution in [-0.4, -0.2) is 610 Å². The van der Waals surface area contributed by atoms with Gasteiger partial charge in [0.05, 0.1) is 78.3 Å². The van der Waals surface area contributed by atoms with Crippen LogP contribution < -0.4 is 21.3 Å². The van der Waals surface area contributed by atoms with Crippen LogP contribution in [0.25, 0.3) is 0 Å². The summed E-state index contributed by atoms with van der Waals surface area (Å²) in [6, 6.07) is -8.20. The van der Waals surface area contributed by atoms with E-state index in [9.17, 15) is 177 Å². The van der Waals surface area contributed by atoms with Crippen LogP contribution in [0.5, 0.6) is 0 Å². The number of hydrogen-bond acceptors (Lipinski definition) is 58. The minimum atomic E-state index is -2.72. The zero-order chi connectivity index (χ0) is 104. The highest BCUT2D eigenvalue weighted by molar-refractivity contribution is 5.74. The third-order valence-electron chi connectivity index (χ3n) is 26.3. The predicted octanol–water partition coefficient (Wildman–Crippen LogP) is -23.9. The number of nitrogens with one attached hydrogen (secondary N) is 4. The van der Waals surface area contributed by atoms with E-state index in [0.29, 0.717) is 0 Å². The fourth-order valence-electron chi connectivity index (χ4n) is 18.5. The third-order valence-corrected chi connectivity index (χ3v) is 26.3. The highest BCUT2D eigenvalue weighted by Gasteiger charge is 2.65. The standard InChI is InChI=1S/C79H132N4O58/c1-17-37(97)47(107)54(114)72(120-17)134-60-31(15-92)130-71(36(83-22(6)96)63(60)137-76-57(117)50(110)40(100)24(8-85)125-76)140-66-52(112)42(102)26(10-87)128-78(66)138-64-45(105)32(16-119-77-65(51(111)41(101)25(9-86)127-77)139-70-35(82-21(5)95)61(44(104)28(12-89)123-70)135-75-56(116)49(109)39(99)23(7-84)124-75)131-79(67(64)141-74-53(113)43(103)27(11-88)126-74)132-58-29(13-90)129-69(33(46(58)106)80-19(3)93)133-59-30(14-91)122-68(118)34(81-20(4)94)62(59)136-73-55(115)48(108)38(98)18(2)121-73/h17-18,23-79,84-92,97-118H,7-16H2,1-6H3,(H,80,93)(H,81,94)(H,82,95)(H,83,96)/t17-,18-,23+,24+,25+,26+,27+,28+,29+,30+,31+,32+,33+,34+,35+,36+,37+,38+,39-,40-,41+,42+,43-,44+,45+,46+,47+,48+,49-,50-,51-,52-,53+,54-,55-,56+,57+,58+,59+,60+,61+,62+,63+,64-,65-,66-,67-,68?,69-,70-,71-,72-,73-,74-,75-,76-,77-,78+,79-/m0/s1. The largest absolute Gasteiger partial charge is 0.394 e. The fraction of sp³-hybridized carbons (Fsp3) is 0.949. The summed E-state index contributed by atoms with van der Waals surface area (Å²) in [6.07, 6.45) is -120. The monoisotopic (exact) mass is 2060 g/mol. The van der Waals surface area contributed by atoms with Gasteiger partial charge in [0.15, 0.2) is 75.5 Å². The van der Waals surface area contributed by atoms with Crippen molar-refractivity contribution in [1.29, 1.82) is 0 Å². The second-order valence-electron chi connectivity index (χ2n) is 36.1. The molecule has 0 bridgehead atoms. The van der Waals surface area contributed by atoms with Crippen molar-refractivity contribution < 1.29 is 286 Å². The van der Waals surface area contributed by atoms with Gasteiger partial charge in [0.1, 0.15) is 274 Å². The van der Waals surface area contributed by atoms with Gasteiger partial charge in [-0.2, -0.15) is 0 Å². The summed E-state index contributed by atoms with van der Waals surface area (Å²) in [5.74, 6) is -4.09. The zero-order valence-electron chi connectivity index (χ0n) is 76.0. The van der Waals surface area contributed by atoms with E-state index < -0.39 is 452 Å². The third kappa shape index (κ3) is 25.1. The van der Waals surface area contributed by atoms with Gasteiger partial charge in [0, 0.05) is 27.7 Å². The minimum Gasteiger partial charge on any atom is -0.394 e. The lowest BCUT2D eigenvalue weighted by Gasteiger charge is -2.52. The van der Waals surface area contributed by atoms with Gasteiger partial charge in [-0.3, -0.25) is 19.2 Å². The molecule has 12 fully saturated rings. The minimum absolute atomic E-state index is 0.865. The second-order valence-corrected chi connectivity index (χ2v) is 36.1. The van der Waals surface area contributed by atoms with Gasteiger partial charge in [0.2, 0.25) is 23.6 Å². The first-order chi connectivity index (χ1) is 66.7. The number of hydrogen-bond donors (Lipinski definition) is 35. The highest BCUT2D eigenvalue weighted by atomic mass is 16.8. The number of amides is 4. The van der Waals surface area contributed by atoms with Crippen molar-refractivity contribution in [2.45, 2.75) is 404 Å². The summed E-state index contributed by atoms with van der Waals surface area (Å²) in [5.41, 5.74) is 0. The van der Waals surface area contributed by atoms with E-state index in [1.54, 1.807) is 0 Å². The molecule has 141 heavy (non-hydrogen) atoms. The maximum absolute atomic E-state index is 13.8. The van der Waals surface area contributed by atoms with Crippen molar-refractivity contribution in [3.63, 3.8) is 0 Å². The van der Waals surface area contributed by atoms with E-state index in [-0.39, 0.29) is 0 Å². The Balaban J connectivity index is 0.969. The molecule has 12 aliphatic rings. The fourth-order valence-corrected chi connectivity index (χ4v) is 18.5. The first-order valence-corrected chi connectivity index (χ1v) is 45.3. The Labute approximate surface area is 798 Å². The molecule has 0 aromatic carbocycles. The van der Waals surface area contributed by atoms with Crippen LogP contribution in [0.4, 0.5) is 0 Å². The number of ether oxygens (including phenoxy) is 23. The molecule has 12 saturated heterocycles. The molecule has 0 aromatic heterocycles. The van der Waals surface area contributed by atoms with Gasteiger partial charge in [-0.15, -0.1) is 0 Å². The molecule has 0 saturated carbocycles. The summed E-state index contributed by atoms with van der Waals surface area (Å²) in [7, 11) is 0. The normalized spacial score (nSPS) is 50.6. The molecule has 12 aliphatic heterocycles. The molecule has 62 heteroatoms. The number of carbonyl (C=O) groups is 4. The number of aliphatic hydroxyl groups is 31. The first-order valence-electron chi connectivity index (χ1n) is 45.3. The van der Waals surface area contributed by atoms with Crippen LogP contribution in [0, 0.1) is 0 Å². The summed E-state index contributed by atoms with van der Waals surface area (Å²) in [6.45, 7) is -6.17. The van der Waals surface area contributed by atoms with Crippen LogP contribution in [0.2, 0.25) is 0 Å². The lowest BCUT2D eigenvalue weighted by Crippen LogP contribution is -2.72. The van der Waals surface area contributed by atoms with E-state index in [0.717, 1.165) is 27.7 Å². The molecule has 1 unspecified atom stereocenters. The van der Waals surface area contributed by atoms with Crippen molar-refractivity contribution in [2.24, 2.45) is 0 Å². The maximum Gasteiger partial charge on any atom is 0.217 e. The van der Waals surface area contributed by atoms with Crippen molar-refractivity contribution in [1.82, 2.24) is 21.3 Å². The van der Waals surface area contributed by atoms with E-state index in [4.69, 9.17) is 109 Å². The maximum atomic E-state index is 13.8.